The Balaban J connectivity index is 1.95. The maximum atomic E-state index is 13.7. The lowest BCUT2D eigenvalue weighted by Crippen LogP contribution is -2.26. The molecule has 1 amide bonds. The molecule has 28 heavy (non-hydrogen) atoms. The third-order valence-electron chi connectivity index (χ3n) is 4.36. The molecule has 0 bridgehead atoms. The number of amides is 1. The summed E-state index contributed by atoms with van der Waals surface area (Å²) in [6.07, 6.45) is 2.53. The van der Waals surface area contributed by atoms with Crippen LogP contribution in [0.25, 0.3) is 0 Å². The summed E-state index contributed by atoms with van der Waals surface area (Å²) in [5.74, 6) is -0.495. The summed E-state index contributed by atoms with van der Waals surface area (Å²) in [6, 6.07) is 12.6. The molecule has 0 fully saturated rings. The van der Waals surface area contributed by atoms with E-state index in [0.717, 1.165) is 6.26 Å². The van der Waals surface area contributed by atoms with Crippen molar-refractivity contribution in [2.45, 2.75) is 32.2 Å². The maximum absolute atomic E-state index is 13.7. The first-order valence-electron chi connectivity index (χ1n) is 9.00. The predicted octanol–water partition coefficient (Wildman–Crippen LogP) is 3.68. The number of hydrogen-bond donors (Lipinski definition) is 1. The van der Waals surface area contributed by atoms with E-state index in [4.69, 9.17) is 0 Å². The number of benzene rings is 2. The summed E-state index contributed by atoms with van der Waals surface area (Å²) >= 11 is 0. The molecule has 0 saturated carbocycles. The Labute approximate surface area is 164 Å². The fraction of sp³-hybridized carbons (Fsp3) is 0.300. The van der Waals surface area contributed by atoms with E-state index in [0.29, 0.717) is 41.8 Å². The third-order valence-corrected chi connectivity index (χ3v) is 4.97. The first-order valence-corrected chi connectivity index (χ1v) is 10.9. The number of hydrazone groups is 1. The zero-order valence-corrected chi connectivity index (χ0v) is 16.5. The highest BCUT2D eigenvalue weighted by Gasteiger charge is 2.32. The van der Waals surface area contributed by atoms with Gasteiger partial charge in [-0.3, -0.25) is 9.52 Å². The van der Waals surface area contributed by atoms with Crippen molar-refractivity contribution in [3.63, 3.8) is 0 Å². The highest BCUT2D eigenvalue weighted by Crippen LogP contribution is 2.34. The van der Waals surface area contributed by atoms with Crippen molar-refractivity contribution in [1.82, 2.24) is 5.01 Å². The molecule has 3 rings (SSSR count). The van der Waals surface area contributed by atoms with E-state index in [1.165, 1.54) is 17.1 Å². The first kappa shape index (κ1) is 20.0. The van der Waals surface area contributed by atoms with Crippen LogP contribution in [0.4, 0.5) is 10.1 Å². The van der Waals surface area contributed by atoms with Crippen molar-refractivity contribution in [2.75, 3.05) is 11.0 Å². The quantitative estimate of drug-likeness (QED) is 0.799. The predicted molar refractivity (Wildman–Crippen MR) is 107 cm³/mol. The smallest absolute Gasteiger partial charge is 0.243 e. The Morgan fingerprint density at radius 2 is 2.00 bits per heavy atom. The molecule has 1 heterocycles. The molecule has 148 valence electrons. The number of carbonyl (C=O) groups is 1. The fourth-order valence-corrected chi connectivity index (χ4v) is 3.75. The van der Waals surface area contributed by atoms with Gasteiger partial charge in [0.2, 0.25) is 15.9 Å². The molecule has 6 nitrogen and oxygen atoms in total. The zero-order chi connectivity index (χ0) is 20.3. The molecule has 0 radical (unpaired) electrons. The van der Waals surface area contributed by atoms with Gasteiger partial charge in [0, 0.05) is 18.5 Å². The third kappa shape index (κ3) is 4.75. The van der Waals surface area contributed by atoms with Gasteiger partial charge in [-0.1, -0.05) is 31.2 Å². The molecule has 0 aromatic heterocycles. The second-order valence-electron chi connectivity index (χ2n) is 6.76. The van der Waals surface area contributed by atoms with Crippen molar-refractivity contribution in [1.29, 1.82) is 0 Å². The van der Waals surface area contributed by atoms with Crippen LogP contribution in [0.3, 0.4) is 0 Å². The van der Waals surface area contributed by atoms with Gasteiger partial charge in [-0.2, -0.15) is 5.10 Å². The molecular formula is C20H22FN3O3S. The number of halogens is 1. The van der Waals surface area contributed by atoms with Crippen molar-refractivity contribution in [3.8, 4) is 0 Å². The number of anilines is 1. The molecule has 1 atom stereocenters. The Kier molecular flexibility index (Phi) is 5.79. The molecular weight excluding hydrogens is 381 g/mol. The summed E-state index contributed by atoms with van der Waals surface area (Å²) in [5.41, 5.74) is 2.45. The fourth-order valence-electron chi connectivity index (χ4n) is 3.19. The van der Waals surface area contributed by atoms with Crippen LogP contribution in [-0.2, 0) is 14.8 Å². The van der Waals surface area contributed by atoms with Gasteiger partial charge in [0.25, 0.3) is 0 Å². The van der Waals surface area contributed by atoms with Gasteiger partial charge in [0.15, 0.2) is 0 Å². The Bertz CT molecular complexity index is 1020. The summed E-state index contributed by atoms with van der Waals surface area (Å²) < 4.78 is 39.1. The van der Waals surface area contributed by atoms with Crippen LogP contribution in [0.5, 0.6) is 0 Å². The van der Waals surface area contributed by atoms with E-state index < -0.39 is 16.1 Å². The molecule has 1 aliphatic rings. The van der Waals surface area contributed by atoms with E-state index in [2.05, 4.69) is 9.82 Å². The van der Waals surface area contributed by atoms with Crippen LogP contribution in [0.2, 0.25) is 0 Å². The Morgan fingerprint density at radius 1 is 1.25 bits per heavy atom. The molecule has 0 unspecified atom stereocenters. The van der Waals surface area contributed by atoms with Crippen LogP contribution in [-0.4, -0.2) is 31.3 Å². The molecule has 0 saturated heterocycles. The molecule has 0 aliphatic carbocycles. The van der Waals surface area contributed by atoms with Gasteiger partial charge in [0.1, 0.15) is 5.82 Å². The van der Waals surface area contributed by atoms with Gasteiger partial charge < -0.3 is 0 Å². The van der Waals surface area contributed by atoms with E-state index in [1.807, 2.05) is 13.0 Å². The van der Waals surface area contributed by atoms with Crippen molar-refractivity contribution >= 4 is 27.3 Å². The Hall–Kier alpha value is -2.74. The second kappa shape index (κ2) is 8.10. The van der Waals surface area contributed by atoms with Crippen LogP contribution >= 0.6 is 0 Å². The van der Waals surface area contributed by atoms with Gasteiger partial charge in [0.05, 0.1) is 18.0 Å². The minimum absolute atomic E-state index is 0.128. The average molecular weight is 403 g/mol. The molecule has 2 aromatic carbocycles. The minimum Gasteiger partial charge on any atom is -0.284 e. The van der Waals surface area contributed by atoms with E-state index in [9.17, 15) is 17.6 Å². The number of rotatable bonds is 6. The number of hydrogen-bond acceptors (Lipinski definition) is 4. The van der Waals surface area contributed by atoms with Crippen LogP contribution < -0.4 is 4.72 Å². The number of sulfonamides is 1. The maximum Gasteiger partial charge on any atom is 0.243 e. The van der Waals surface area contributed by atoms with Gasteiger partial charge in [-0.05, 0) is 41.8 Å². The second-order valence-corrected chi connectivity index (χ2v) is 8.51. The highest BCUT2D eigenvalue weighted by molar-refractivity contribution is 7.92. The molecule has 8 heteroatoms. The van der Waals surface area contributed by atoms with Crippen LogP contribution in [0, 0.1) is 5.82 Å². The lowest BCUT2D eigenvalue weighted by Gasteiger charge is -2.22. The molecule has 0 spiro atoms. The van der Waals surface area contributed by atoms with Crippen LogP contribution in [0.1, 0.15) is 43.4 Å². The number of nitrogens with zero attached hydrogens (tertiary/aromatic N) is 2. The standard InChI is InChI=1S/C20H22FN3O3S/c1-3-6-20(25)24-19(15-8-4-9-16(21)11-15)13-18(22-24)14-7-5-10-17(12-14)23-28(2,26)27/h4-5,7-12,19,23H,3,6,13H2,1-2H3/t19-/m1/s1. The molecule has 1 aliphatic heterocycles. The average Bonchev–Trinajstić information content (AvgIpc) is 3.06. The minimum atomic E-state index is -3.40. The summed E-state index contributed by atoms with van der Waals surface area (Å²) in [5, 5.41) is 5.92. The van der Waals surface area contributed by atoms with Crippen molar-refractivity contribution < 1.29 is 17.6 Å². The lowest BCUT2D eigenvalue weighted by molar-refractivity contribution is -0.133. The number of carbonyl (C=O) groups excluding carboxylic acids is 1. The molecule has 2 aromatic rings. The lowest BCUT2D eigenvalue weighted by atomic mass is 9.98. The van der Waals surface area contributed by atoms with E-state index >= 15 is 0 Å². The summed E-state index contributed by atoms with van der Waals surface area (Å²) in [4.78, 5) is 12.6. The van der Waals surface area contributed by atoms with Crippen LogP contribution in [0.15, 0.2) is 53.6 Å². The zero-order valence-electron chi connectivity index (χ0n) is 15.7. The highest BCUT2D eigenvalue weighted by atomic mass is 32.2. The summed E-state index contributed by atoms with van der Waals surface area (Å²) in [6.45, 7) is 1.91. The van der Waals surface area contributed by atoms with Gasteiger partial charge >= 0.3 is 0 Å². The van der Waals surface area contributed by atoms with Crippen molar-refractivity contribution in [3.05, 3.63) is 65.5 Å². The van der Waals surface area contributed by atoms with E-state index in [-0.39, 0.29) is 11.7 Å². The molecule has 1 N–H and O–H groups in total. The SMILES string of the molecule is CCCC(=O)N1N=C(c2cccc(NS(C)(=O)=O)c2)C[C@@H]1c1cccc(F)c1. The van der Waals surface area contributed by atoms with E-state index in [1.54, 1.807) is 30.3 Å². The number of nitrogens with one attached hydrogen (secondary N) is 1. The van der Waals surface area contributed by atoms with Gasteiger partial charge in [-0.15, -0.1) is 0 Å². The van der Waals surface area contributed by atoms with Gasteiger partial charge in [-0.25, -0.2) is 17.8 Å². The summed E-state index contributed by atoms with van der Waals surface area (Å²) in [7, 11) is -3.40. The topological polar surface area (TPSA) is 78.8 Å². The normalized spacial score (nSPS) is 16.8. The monoisotopic (exact) mass is 403 g/mol. The Morgan fingerprint density at radius 3 is 2.68 bits per heavy atom. The largest absolute Gasteiger partial charge is 0.284 e. The van der Waals surface area contributed by atoms with Crippen molar-refractivity contribution in [2.24, 2.45) is 5.10 Å². The first-order chi connectivity index (χ1) is 13.3.